The molecule has 0 saturated carbocycles. The molecular weight excluding hydrogens is 389 g/mol. The Bertz CT molecular complexity index is 1110. The van der Waals surface area contributed by atoms with Gasteiger partial charge in [0, 0.05) is 56.0 Å². The van der Waals surface area contributed by atoms with Crippen LogP contribution in [0.25, 0.3) is 11.3 Å². The molecule has 156 valence electrons. The van der Waals surface area contributed by atoms with Crippen molar-refractivity contribution < 1.29 is 18.8 Å². The van der Waals surface area contributed by atoms with Crippen molar-refractivity contribution in [3.63, 3.8) is 0 Å². The summed E-state index contributed by atoms with van der Waals surface area (Å²) in [6.07, 6.45) is 5.23. The van der Waals surface area contributed by atoms with E-state index < -0.39 is 11.5 Å². The van der Waals surface area contributed by atoms with Gasteiger partial charge in [0.15, 0.2) is 11.5 Å². The van der Waals surface area contributed by atoms with Crippen molar-refractivity contribution in [2.45, 2.75) is 50.3 Å². The summed E-state index contributed by atoms with van der Waals surface area (Å²) in [5, 5.41) is 19.5. The summed E-state index contributed by atoms with van der Waals surface area (Å²) in [5.41, 5.74) is 0.664. The highest BCUT2D eigenvalue weighted by Crippen LogP contribution is 2.46. The lowest BCUT2D eigenvalue weighted by Gasteiger charge is -2.43. The van der Waals surface area contributed by atoms with Crippen LogP contribution in [-0.2, 0) is 12.6 Å². The van der Waals surface area contributed by atoms with Crippen molar-refractivity contribution in [2.24, 2.45) is 7.05 Å². The molecule has 0 aliphatic carbocycles. The first-order valence-electron chi connectivity index (χ1n) is 9.99. The zero-order valence-corrected chi connectivity index (χ0v) is 16.7. The maximum atomic E-state index is 14.2. The number of hydrogen-bond acceptors (Lipinski definition) is 6. The van der Waals surface area contributed by atoms with Crippen LogP contribution in [0.15, 0.2) is 35.1 Å². The van der Waals surface area contributed by atoms with E-state index in [9.17, 15) is 14.3 Å². The van der Waals surface area contributed by atoms with Crippen LogP contribution in [0.4, 0.5) is 4.39 Å². The first kappa shape index (κ1) is 18.9. The Morgan fingerprint density at radius 2 is 2.07 bits per heavy atom. The van der Waals surface area contributed by atoms with E-state index in [1.54, 1.807) is 27.8 Å². The van der Waals surface area contributed by atoms with Crippen LogP contribution in [0.3, 0.4) is 0 Å². The van der Waals surface area contributed by atoms with Crippen LogP contribution in [0.1, 0.15) is 47.4 Å². The van der Waals surface area contributed by atoms with Crippen LogP contribution >= 0.6 is 0 Å². The molecule has 2 unspecified atom stereocenters. The fourth-order valence-corrected chi connectivity index (χ4v) is 4.99. The molecule has 5 rings (SSSR count). The van der Waals surface area contributed by atoms with Gasteiger partial charge in [-0.3, -0.25) is 9.48 Å². The standard InChI is InChI=1S/C21H22FN5O3/c1-12-15(11-26(2)24-12)18-8-17(25-30-18)20(28)27-13-5-6-14(27)10-21(29,9-13)16-4-3-7-23-19(16)22/h3-4,7-8,11,13-14,29H,5-6,9-10H2,1-2H3. The molecule has 2 fully saturated rings. The van der Waals surface area contributed by atoms with Crippen LogP contribution in [0, 0.1) is 12.9 Å². The predicted octanol–water partition coefficient (Wildman–Crippen LogP) is 2.57. The second kappa shape index (κ2) is 6.73. The third-order valence-electron chi connectivity index (χ3n) is 6.27. The maximum absolute atomic E-state index is 14.2. The van der Waals surface area contributed by atoms with Crippen molar-refractivity contribution in [2.75, 3.05) is 0 Å². The van der Waals surface area contributed by atoms with Gasteiger partial charge in [-0.05, 0) is 25.8 Å². The lowest BCUT2D eigenvalue weighted by Crippen LogP contribution is -2.52. The highest BCUT2D eigenvalue weighted by molar-refractivity contribution is 5.94. The van der Waals surface area contributed by atoms with E-state index >= 15 is 0 Å². The number of halogens is 1. The number of carbonyl (C=O) groups excluding carboxylic acids is 1. The molecular formula is C21H22FN5O3. The topological polar surface area (TPSA) is 97.3 Å². The average Bonchev–Trinajstić information content (AvgIpc) is 3.38. The van der Waals surface area contributed by atoms with Crippen molar-refractivity contribution >= 4 is 5.91 Å². The van der Waals surface area contributed by atoms with Crippen molar-refractivity contribution in [3.05, 3.63) is 53.5 Å². The van der Waals surface area contributed by atoms with E-state index in [1.165, 1.54) is 6.20 Å². The SMILES string of the molecule is Cc1nn(C)cc1-c1cc(C(=O)N2C3CCC2CC(O)(c2cccnc2F)C3)no1. The lowest BCUT2D eigenvalue weighted by molar-refractivity contribution is -0.0506. The number of aromatic nitrogens is 4. The summed E-state index contributed by atoms with van der Waals surface area (Å²) in [7, 11) is 1.82. The molecule has 2 aliphatic heterocycles. The molecule has 2 saturated heterocycles. The van der Waals surface area contributed by atoms with E-state index in [0.29, 0.717) is 5.76 Å². The summed E-state index contributed by atoms with van der Waals surface area (Å²) in [4.78, 5) is 18.7. The Kier molecular flexibility index (Phi) is 4.25. The first-order chi connectivity index (χ1) is 14.4. The van der Waals surface area contributed by atoms with Gasteiger partial charge in [-0.1, -0.05) is 11.2 Å². The Labute approximate surface area is 172 Å². The fraction of sp³-hybridized carbons (Fsp3) is 0.429. The second-order valence-electron chi connectivity index (χ2n) is 8.26. The van der Waals surface area contributed by atoms with E-state index in [1.807, 2.05) is 20.2 Å². The molecule has 3 aromatic heterocycles. The Hall–Kier alpha value is -3.07. The van der Waals surface area contributed by atoms with E-state index in [2.05, 4.69) is 15.2 Å². The predicted molar refractivity (Wildman–Crippen MR) is 104 cm³/mol. The zero-order valence-electron chi connectivity index (χ0n) is 16.7. The number of hydrogen-bond donors (Lipinski definition) is 1. The minimum absolute atomic E-state index is 0.193. The molecule has 1 N–H and O–H groups in total. The first-order valence-corrected chi connectivity index (χ1v) is 9.99. The molecule has 9 heteroatoms. The molecule has 0 aromatic carbocycles. The molecule has 2 atom stereocenters. The Morgan fingerprint density at radius 3 is 2.70 bits per heavy atom. The van der Waals surface area contributed by atoms with E-state index in [-0.39, 0.29) is 42.1 Å². The Morgan fingerprint density at radius 1 is 1.33 bits per heavy atom. The third kappa shape index (κ3) is 2.92. The summed E-state index contributed by atoms with van der Waals surface area (Å²) in [6.45, 7) is 1.86. The number of aliphatic hydroxyl groups is 1. The smallest absolute Gasteiger partial charge is 0.276 e. The van der Waals surface area contributed by atoms with Gasteiger partial charge in [-0.25, -0.2) is 4.98 Å². The van der Waals surface area contributed by atoms with Gasteiger partial charge in [0.1, 0.15) is 0 Å². The largest absolute Gasteiger partial charge is 0.385 e. The molecule has 3 aromatic rings. The summed E-state index contributed by atoms with van der Waals surface area (Å²) in [5.74, 6) is -0.401. The van der Waals surface area contributed by atoms with Crippen molar-refractivity contribution in [1.29, 1.82) is 0 Å². The molecule has 1 amide bonds. The summed E-state index contributed by atoms with van der Waals surface area (Å²) >= 11 is 0. The van der Waals surface area contributed by atoms with Crippen LogP contribution < -0.4 is 0 Å². The number of aryl methyl sites for hydroxylation is 2. The lowest BCUT2D eigenvalue weighted by atomic mass is 9.81. The number of nitrogens with zero attached hydrogens (tertiary/aromatic N) is 5. The third-order valence-corrected chi connectivity index (χ3v) is 6.27. The molecule has 5 heterocycles. The van der Waals surface area contributed by atoms with Gasteiger partial charge in [-0.2, -0.15) is 9.49 Å². The van der Waals surface area contributed by atoms with Crippen LogP contribution in [-0.4, -0.2) is 47.9 Å². The van der Waals surface area contributed by atoms with Crippen LogP contribution in [0.5, 0.6) is 0 Å². The number of fused-ring (bicyclic) bond motifs is 2. The number of pyridine rings is 1. The summed E-state index contributed by atoms with van der Waals surface area (Å²) < 4.78 is 21.3. The average molecular weight is 411 g/mol. The van der Waals surface area contributed by atoms with Crippen LogP contribution in [0.2, 0.25) is 0 Å². The second-order valence-corrected chi connectivity index (χ2v) is 8.26. The van der Waals surface area contributed by atoms with Crippen molar-refractivity contribution in [1.82, 2.24) is 24.8 Å². The quantitative estimate of drug-likeness (QED) is 0.666. The fourth-order valence-electron chi connectivity index (χ4n) is 4.99. The minimum atomic E-state index is -1.33. The molecule has 8 nitrogen and oxygen atoms in total. The molecule has 2 bridgehead atoms. The monoisotopic (exact) mass is 411 g/mol. The Balaban J connectivity index is 1.40. The number of carbonyl (C=O) groups is 1. The number of amides is 1. The zero-order chi connectivity index (χ0) is 21.0. The molecule has 0 spiro atoms. The highest BCUT2D eigenvalue weighted by atomic mass is 19.1. The molecule has 30 heavy (non-hydrogen) atoms. The van der Waals surface area contributed by atoms with Gasteiger partial charge < -0.3 is 14.5 Å². The maximum Gasteiger partial charge on any atom is 0.276 e. The summed E-state index contributed by atoms with van der Waals surface area (Å²) in [6, 6.07) is 4.43. The molecule has 0 radical (unpaired) electrons. The van der Waals surface area contributed by atoms with Crippen molar-refractivity contribution in [3.8, 4) is 11.3 Å². The normalized spacial score (nSPS) is 25.7. The van der Waals surface area contributed by atoms with Gasteiger partial charge in [0.2, 0.25) is 5.95 Å². The van der Waals surface area contributed by atoms with Gasteiger partial charge >= 0.3 is 0 Å². The van der Waals surface area contributed by atoms with Gasteiger partial charge in [0.05, 0.1) is 16.9 Å². The minimum Gasteiger partial charge on any atom is -0.385 e. The van der Waals surface area contributed by atoms with E-state index in [4.69, 9.17) is 4.52 Å². The molecule has 2 aliphatic rings. The number of rotatable bonds is 3. The van der Waals surface area contributed by atoms with E-state index in [0.717, 1.165) is 24.1 Å². The highest BCUT2D eigenvalue weighted by Gasteiger charge is 2.51. The van der Waals surface area contributed by atoms with Gasteiger partial charge in [0.25, 0.3) is 5.91 Å². The number of piperidine rings is 1. The van der Waals surface area contributed by atoms with Gasteiger partial charge in [-0.15, -0.1) is 0 Å².